The number of thiazole rings is 1. The highest BCUT2D eigenvalue weighted by Crippen LogP contribution is 2.33. The van der Waals surface area contributed by atoms with Crippen LogP contribution in [0.1, 0.15) is 20.4 Å². The van der Waals surface area contributed by atoms with Gasteiger partial charge in [0.1, 0.15) is 4.88 Å². The Bertz CT molecular complexity index is 1080. The molecule has 0 unspecified atom stereocenters. The van der Waals surface area contributed by atoms with Crippen molar-refractivity contribution in [2.75, 3.05) is 6.54 Å². The van der Waals surface area contributed by atoms with Gasteiger partial charge in [-0.15, -0.1) is 22.7 Å². The Hall–Kier alpha value is -2.84. The first-order valence-corrected chi connectivity index (χ1v) is 10.6. The van der Waals surface area contributed by atoms with Crippen LogP contribution >= 0.6 is 22.7 Å². The van der Waals surface area contributed by atoms with Gasteiger partial charge in [0.15, 0.2) is 0 Å². The third kappa shape index (κ3) is 3.74. The van der Waals surface area contributed by atoms with Gasteiger partial charge in [0.25, 0.3) is 5.91 Å². The van der Waals surface area contributed by atoms with Crippen molar-refractivity contribution in [3.05, 3.63) is 63.7 Å². The number of aromatic nitrogens is 4. The van der Waals surface area contributed by atoms with E-state index in [4.69, 9.17) is 0 Å². The first-order chi connectivity index (χ1) is 13.6. The van der Waals surface area contributed by atoms with E-state index in [9.17, 15) is 4.79 Å². The van der Waals surface area contributed by atoms with E-state index in [0.29, 0.717) is 18.0 Å². The summed E-state index contributed by atoms with van der Waals surface area (Å²) >= 11 is 3.08. The average Bonchev–Trinajstić information content (AvgIpc) is 3.42. The fourth-order valence-electron chi connectivity index (χ4n) is 3.04. The maximum Gasteiger partial charge on any atom is 0.263 e. The molecule has 1 amide bonds. The zero-order valence-electron chi connectivity index (χ0n) is 15.5. The van der Waals surface area contributed by atoms with E-state index in [1.165, 1.54) is 11.3 Å². The van der Waals surface area contributed by atoms with Gasteiger partial charge in [-0.2, -0.15) is 5.10 Å². The van der Waals surface area contributed by atoms with Gasteiger partial charge in [0.05, 0.1) is 39.7 Å². The first kappa shape index (κ1) is 18.5. The van der Waals surface area contributed by atoms with Crippen LogP contribution in [0.2, 0.25) is 0 Å². The molecule has 28 heavy (non-hydrogen) atoms. The molecule has 0 saturated heterocycles. The van der Waals surface area contributed by atoms with Gasteiger partial charge in [-0.25, -0.2) is 4.98 Å². The van der Waals surface area contributed by atoms with Crippen molar-refractivity contribution < 1.29 is 4.79 Å². The highest BCUT2D eigenvalue weighted by Gasteiger charge is 2.17. The van der Waals surface area contributed by atoms with Gasteiger partial charge in [-0.05, 0) is 37.4 Å². The van der Waals surface area contributed by atoms with Crippen molar-refractivity contribution in [3.8, 4) is 21.8 Å². The molecule has 0 aromatic carbocycles. The fraction of sp³-hybridized carbons (Fsp3) is 0.200. The number of thiophene rings is 1. The van der Waals surface area contributed by atoms with Gasteiger partial charge in [0.2, 0.25) is 0 Å². The minimum atomic E-state index is -0.0853. The quantitative estimate of drug-likeness (QED) is 0.519. The lowest BCUT2D eigenvalue weighted by atomic mass is 10.1. The highest BCUT2D eigenvalue weighted by molar-refractivity contribution is 7.14. The largest absolute Gasteiger partial charge is 0.349 e. The molecule has 6 nitrogen and oxygen atoms in total. The summed E-state index contributed by atoms with van der Waals surface area (Å²) in [5.41, 5.74) is 3.67. The summed E-state index contributed by atoms with van der Waals surface area (Å²) in [6.07, 6.45) is 3.63. The van der Waals surface area contributed by atoms with E-state index in [-0.39, 0.29) is 5.91 Å². The molecule has 0 radical (unpaired) electrons. The number of pyridine rings is 1. The van der Waals surface area contributed by atoms with Gasteiger partial charge in [-0.3, -0.25) is 14.5 Å². The molecule has 4 aromatic rings. The maximum absolute atomic E-state index is 12.4. The van der Waals surface area contributed by atoms with Crippen LogP contribution in [0.4, 0.5) is 0 Å². The van der Waals surface area contributed by atoms with Crippen LogP contribution in [0.15, 0.2) is 48.1 Å². The van der Waals surface area contributed by atoms with E-state index in [1.807, 2.05) is 54.4 Å². The second-order valence-corrected chi connectivity index (χ2v) is 8.38. The minimum absolute atomic E-state index is 0.0853. The number of carbonyl (C=O) groups excluding carboxylic acids is 1. The topological polar surface area (TPSA) is 72.7 Å². The molecule has 8 heteroatoms. The Morgan fingerprint density at radius 1 is 1.21 bits per heavy atom. The zero-order chi connectivity index (χ0) is 19.5. The van der Waals surface area contributed by atoms with Gasteiger partial charge in [-0.1, -0.05) is 12.1 Å². The molecule has 0 aliphatic heterocycles. The van der Waals surface area contributed by atoms with E-state index in [1.54, 1.807) is 17.5 Å². The normalized spacial score (nSPS) is 10.9. The van der Waals surface area contributed by atoms with Crippen LogP contribution in [-0.2, 0) is 6.54 Å². The molecule has 0 aliphatic carbocycles. The molecule has 0 saturated carbocycles. The van der Waals surface area contributed by atoms with E-state index in [2.05, 4.69) is 26.4 Å². The number of nitrogens with one attached hydrogen (secondary N) is 1. The zero-order valence-corrected chi connectivity index (χ0v) is 17.2. The van der Waals surface area contributed by atoms with Crippen molar-refractivity contribution in [1.29, 1.82) is 0 Å². The van der Waals surface area contributed by atoms with Gasteiger partial charge in [0, 0.05) is 18.3 Å². The molecule has 142 valence electrons. The molecule has 1 N–H and O–H groups in total. The molecular weight excluding hydrogens is 390 g/mol. The molecule has 0 atom stereocenters. The molecule has 4 aromatic heterocycles. The van der Waals surface area contributed by atoms with Crippen LogP contribution in [-0.4, -0.2) is 32.2 Å². The SMILES string of the molecule is Cc1nc(C)c(C(=O)NCCn2ncc(-c3ccccn3)c2-c2cccs2)s1. The number of aryl methyl sites for hydroxylation is 2. The van der Waals surface area contributed by atoms with Crippen molar-refractivity contribution in [3.63, 3.8) is 0 Å². The number of rotatable bonds is 6. The lowest BCUT2D eigenvalue weighted by molar-refractivity contribution is 0.0955. The number of hydrogen-bond acceptors (Lipinski definition) is 6. The lowest BCUT2D eigenvalue weighted by Crippen LogP contribution is -2.27. The number of carbonyl (C=O) groups is 1. The van der Waals surface area contributed by atoms with Crippen molar-refractivity contribution >= 4 is 28.6 Å². The third-order valence-electron chi connectivity index (χ3n) is 4.25. The van der Waals surface area contributed by atoms with Crippen LogP contribution in [0.25, 0.3) is 21.8 Å². The summed E-state index contributed by atoms with van der Waals surface area (Å²) in [5, 5.41) is 10.5. The average molecular weight is 410 g/mol. The van der Waals surface area contributed by atoms with Crippen LogP contribution in [0.3, 0.4) is 0 Å². The monoisotopic (exact) mass is 409 g/mol. The first-order valence-electron chi connectivity index (χ1n) is 8.87. The third-order valence-corrected chi connectivity index (χ3v) is 6.20. The van der Waals surface area contributed by atoms with Gasteiger partial charge < -0.3 is 5.32 Å². The molecule has 4 heterocycles. The summed E-state index contributed by atoms with van der Waals surface area (Å²) < 4.78 is 1.93. The predicted molar refractivity (Wildman–Crippen MR) is 113 cm³/mol. The van der Waals surface area contributed by atoms with E-state index < -0.39 is 0 Å². The fourth-order valence-corrected chi connectivity index (χ4v) is 4.66. The standard InChI is InChI=1S/C20H19N5OS2/c1-13-19(28-14(2)24-13)20(26)22-9-10-25-18(17-7-5-11-27-17)15(12-23-25)16-6-3-4-8-21-16/h3-8,11-12H,9-10H2,1-2H3,(H,22,26). The Morgan fingerprint density at radius 2 is 2.11 bits per heavy atom. The lowest BCUT2D eigenvalue weighted by Gasteiger charge is -2.09. The van der Waals surface area contributed by atoms with Crippen LogP contribution in [0, 0.1) is 13.8 Å². The minimum Gasteiger partial charge on any atom is -0.349 e. The van der Waals surface area contributed by atoms with E-state index >= 15 is 0 Å². The second-order valence-electron chi connectivity index (χ2n) is 6.23. The predicted octanol–water partition coefficient (Wildman–Crippen LogP) is 4.18. The Labute approximate surface area is 170 Å². The van der Waals surface area contributed by atoms with Crippen molar-refractivity contribution in [1.82, 2.24) is 25.1 Å². The molecule has 0 spiro atoms. The van der Waals surface area contributed by atoms with Gasteiger partial charge >= 0.3 is 0 Å². The smallest absolute Gasteiger partial charge is 0.263 e. The molecule has 4 rings (SSSR count). The summed E-state index contributed by atoms with van der Waals surface area (Å²) in [6, 6.07) is 9.95. The number of hydrogen-bond donors (Lipinski definition) is 1. The molecule has 0 fully saturated rings. The van der Waals surface area contributed by atoms with Crippen molar-refractivity contribution in [2.24, 2.45) is 0 Å². The molecule has 0 bridgehead atoms. The summed E-state index contributed by atoms with van der Waals surface area (Å²) in [5.74, 6) is -0.0853. The summed E-state index contributed by atoms with van der Waals surface area (Å²) in [4.78, 5) is 23.0. The second kappa shape index (κ2) is 8.04. The summed E-state index contributed by atoms with van der Waals surface area (Å²) in [7, 11) is 0. The summed E-state index contributed by atoms with van der Waals surface area (Å²) in [6.45, 7) is 4.82. The highest BCUT2D eigenvalue weighted by atomic mass is 32.1. The van der Waals surface area contributed by atoms with E-state index in [0.717, 1.165) is 32.5 Å². The maximum atomic E-state index is 12.4. The Morgan fingerprint density at radius 3 is 2.79 bits per heavy atom. The number of amides is 1. The molecular formula is C20H19N5OS2. The van der Waals surface area contributed by atoms with Crippen LogP contribution in [0.5, 0.6) is 0 Å². The molecule has 0 aliphatic rings. The number of nitrogens with zero attached hydrogens (tertiary/aromatic N) is 4. The van der Waals surface area contributed by atoms with Crippen molar-refractivity contribution in [2.45, 2.75) is 20.4 Å². The van der Waals surface area contributed by atoms with Crippen LogP contribution < -0.4 is 5.32 Å². The Balaban J connectivity index is 1.54. The Kier molecular flexibility index (Phi) is 5.31.